The molecule has 0 atom stereocenters. The average Bonchev–Trinajstić information content (AvgIpc) is 3.25. The molecule has 0 saturated carbocycles. The molecule has 31 heavy (non-hydrogen) atoms. The zero-order valence-corrected chi connectivity index (χ0v) is 17.4. The molecule has 5 nitrogen and oxygen atoms in total. The van der Waals surface area contributed by atoms with E-state index in [1.165, 1.54) is 32.9 Å². The Kier molecular flexibility index (Phi) is 5.06. The van der Waals surface area contributed by atoms with E-state index in [1.54, 1.807) is 42.7 Å². The fourth-order valence-electron chi connectivity index (χ4n) is 3.76. The highest BCUT2D eigenvalue weighted by molar-refractivity contribution is 7.17. The van der Waals surface area contributed by atoms with E-state index in [-0.39, 0.29) is 11.8 Å². The van der Waals surface area contributed by atoms with Crippen LogP contribution in [0.4, 0.5) is 11.4 Å². The van der Waals surface area contributed by atoms with Gasteiger partial charge < -0.3 is 10.6 Å². The molecule has 2 aromatic heterocycles. The summed E-state index contributed by atoms with van der Waals surface area (Å²) in [6.45, 7) is 0. The molecule has 2 aromatic carbocycles. The molecule has 4 aromatic rings. The van der Waals surface area contributed by atoms with E-state index in [2.05, 4.69) is 33.8 Å². The smallest absolute Gasteiger partial charge is 0.265 e. The Morgan fingerprint density at radius 3 is 2.29 bits per heavy atom. The summed E-state index contributed by atoms with van der Waals surface area (Å²) in [5, 5.41) is 5.80. The van der Waals surface area contributed by atoms with Crippen LogP contribution < -0.4 is 10.6 Å². The number of carbonyl (C=O) groups is 2. The molecule has 0 bridgehead atoms. The molecule has 152 valence electrons. The summed E-state index contributed by atoms with van der Waals surface area (Å²) in [6.07, 6.45) is 5.10. The van der Waals surface area contributed by atoms with Gasteiger partial charge >= 0.3 is 0 Å². The Labute approximate surface area is 183 Å². The van der Waals surface area contributed by atoms with E-state index in [1.807, 2.05) is 18.2 Å². The molecule has 2 amide bonds. The number of amides is 2. The lowest BCUT2D eigenvalue weighted by molar-refractivity contribution is 0.102. The van der Waals surface area contributed by atoms with Gasteiger partial charge in [0.15, 0.2) is 0 Å². The third kappa shape index (κ3) is 3.98. The lowest BCUT2D eigenvalue weighted by atomic mass is 9.91. The van der Waals surface area contributed by atoms with Crippen LogP contribution in [0.3, 0.4) is 0 Å². The van der Waals surface area contributed by atoms with Gasteiger partial charge in [-0.05, 0) is 65.9 Å². The van der Waals surface area contributed by atoms with Gasteiger partial charge in [0.1, 0.15) is 0 Å². The highest BCUT2D eigenvalue weighted by Gasteiger charge is 2.21. The lowest BCUT2D eigenvalue weighted by Crippen LogP contribution is -2.13. The summed E-state index contributed by atoms with van der Waals surface area (Å²) in [5.41, 5.74) is 5.56. The van der Waals surface area contributed by atoms with E-state index < -0.39 is 0 Å². The van der Waals surface area contributed by atoms with Crippen LogP contribution in [-0.4, -0.2) is 16.8 Å². The number of rotatable bonds is 4. The molecule has 5 rings (SSSR count). The lowest BCUT2D eigenvalue weighted by Gasteiger charge is -2.15. The molecule has 6 heteroatoms. The van der Waals surface area contributed by atoms with Crippen molar-refractivity contribution in [2.24, 2.45) is 0 Å². The van der Waals surface area contributed by atoms with Gasteiger partial charge in [0.25, 0.3) is 11.8 Å². The van der Waals surface area contributed by atoms with E-state index in [0.29, 0.717) is 21.8 Å². The summed E-state index contributed by atoms with van der Waals surface area (Å²) in [5.74, 6) is -0.370. The number of benzene rings is 2. The third-order valence-electron chi connectivity index (χ3n) is 5.28. The molecule has 2 heterocycles. The van der Waals surface area contributed by atoms with Crippen molar-refractivity contribution in [3.8, 4) is 10.4 Å². The van der Waals surface area contributed by atoms with Crippen LogP contribution in [0.5, 0.6) is 0 Å². The summed E-state index contributed by atoms with van der Waals surface area (Å²) < 4.78 is 0. The van der Waals surface area contributed by atoms with Crippen LogP contribution in [0.25, 0.3) is 10.4 Å². The first kappa shape index (κ1) is 19.2. The van der Waals surface area contributed by atoms with Crippen LogP contribution in [0.15, 0.2) is 79.1 Å². The molecule has 1 aliphatic rings. The van der Waals surface area contributed by atoms with Gasteiger partial charge in [-0.2, -0.15) is 0 Å². The van der Waals surface area contributed by atoms with Gasteiger partial charge in [0.2, 0.25) is 0 Å². The van der Waals surface area contributed by atoms with Crippen molar-refractivity contribution in [2.45, 2.75) is 12.8 Å². The van der Waals surface area contributed by atoms with Gasteiger partial charge in [0.05, 0.1) is 4.88 Å². The van der Waals surface area contributed by atoms with Crippen molar-refractivity contribution in [3.63, 3.8) is 0 Å². The van der Waals surface area contributed by atoms with E-state index in [4.69, 9.17) is 0 Å². The first-order valence-corrected chi connectivity index (χ1v) is 10.8. The number of fused-ring (bicyclic) bond motifs is 3. The highest BCUT2D eigenvalue weighted by Crippen LogP contribution is 2.39. The standard InChI is InChI=1S/C25H19N3O2S/c29-24(17-10-12-26-13-11-17)27-19-5-3-6-20(15-19)28-25(30)22-14-18-9-8-16-4-1-2-7-21(16)23(18)31-22/h1-7,10-15H,8-9H2,(H,27,29)(H,28,30). The van der Waals surface area contributed by atoms with Crippen molar-refractivity contribution < 1.29 is 9.59 Å². The number of nitrogens with zero attached hydrogens (tertiary/aromatic N) is 1. The number of aryl methyl sites for hydroxylation is 2. The monoisotopic (exact) mass is 425 g/mol. The minimum absolute atomic E-state index is 0.144. The molecule has 1 aliphatic carbocycles. The van der Waals surface area contributed by atoms with Crippen molar-refractivity contribution in [2.75, 3.05) is 10.6 Å². The number of carbonyl (C=O) groups excluding carboxylic acids is 2. The number of pyridine rings is 1. The Bertz CT molecular complexity index is 1280. The van der Waals surface area contributed by atoms with Crippen LogP contribution in [-0.2, 0) is 12.8 Å². The zero-order valence-electron chi connectivity index (χ0n) is 16.6. The topological polar surface area (TPSA) is 71.1 Å². The molecule has 2 N–H and O–H groups in total. The fraction of sp³-hybridized carbons (Fsp3) is 0.0800. The molecular formula is C25H19N3O2S. The van der Waals surface area contributed by atoms with Gasteiger partial charge in [-0.1, -0.05) is 30.3 Å². The second-order valence-electron chi connectivity index (χ2n) is 7.35. The number of hydrogen-bond donors (Lipinski definition) is 2. The van der Waals surface area contributed by atoms with Gasteiger partial charge in [-0.3, -0.25) is 14.6 Å². The van der Waals surface area contributed by atoms with Crippen molar-refractivity contribution in [1.82, 2.24) is 4.98 Å². The van der Waals surface area contributed by atoms with Crippen LogP contribution in [0.1, 0.15) is 31.2 Å². The number of hydrogen-bond acceptors (Lipinski definition) is 4. The number of anilines is 2. The molecule has 0 spiro atoms. The average molecular weight is 426 g/mol. The zero-order chi connectivity index (χ0) is 21.2. The van der Waals surface area contributed by atoms with E-state index >= 15 is 0 Å². The van der Waals surface area contributed by atoms with Gasteiger partial charge in [-0.25, -0.2) is 0 Å². The minimum Gasteiger partial charge on any atom is -0.322 e. The second-order valence-corrected chi connectivity index (χ2v) is 8.40. The maximum Gasteiger partial charge on any atom is 0.265 e. The highest BCUT2D eigenvalue weighted by atomic mass is 32.1. The number of thiophene rings is 1. The van der Waals surface area contributed by atoms with Crippen LogP contribution >= 0.6 is 11.3 Å². The predicted octanol–water partition coefficient (Wildman–Crippen LogP) is 5.41. The Hall–Kier alpha value is -3.77. The fourth-order valence-corrected chi connectivity index (χ4v) is 4.92. The summed E-state index contributed by atoms with van der Waals surface area (Å²) in [6, 6.07) is 20.8. The van der Waals surface area contributed by atoms with Gasteiger partial charge in [0, 0.05) is 34.2 Å². The molecule has 0 unspecified atom stereocenters. The normalized spacial score (nSPS) is 11.9. The number of aromatic nitrogens is 1. The summed E-state index contributed by atoms with van der Waals surface area (Å²) in [4.78, 5) is 31.1. The SMILES string of the molecule is O=C(Nc1cccc(NC(=O)c2cc3c(s2)-c2ccccc2CC3)c1)c1ccncc1. The quantitative estimate of drug-likeness (QED) is 0.459. The first-order valence-electron chi connectivity index (χ1n) is 10.0. The molecular weight excluding hydrogens is 406 g/mol. The van der Waals surface area contributed by atoms with E-state index in [9.17, 15) is 9.59 Å². The van der Waals surface area contributed by atoms with Crippen LogP contribution in [0, 0.1) is 0 Å². The maximum atomic E-state index is 12.9. The van der Waals surface area contributed by atoms with Crippen molar-refractivity contribution in [3.05, 3.63) is 101 Å². The largest absolute Gasteiger partial charge is 0.322 e. The molecule has 0 radical (unpaired) electrons. The van der Waals surface area contributed by atoms with E-state index in [0.717, 1.165) is 12.8 Å². The second kappa shape index (κ2) is 8.16. The predicted molar refractivity (Wildman–Crippen MR) is 124 cm³/mol. The van der Waals surface area contributed by atoms with Crippen molar-refractivity contribution >= 4 is 34.5 Å². The number of nitrogens with one attached hydrogen (secondary N) is 2. The van der Waals surface area contributed by atoms with Gasteiger partial charge in [-0.15, -0.1) is 11.3 Å². The summed E-state index contributed by atoms with van der Waals surface area (Å²) in [7, 11) is 0. The maximum absolute atomic E-state index is 12.9. The molecule has 0 aliphatic heterocycles. The van der Waals surface area contributed by atoms with Crippen LogP contribution in [0.2, 0.25) is 0 Å². The Balaban J connectivity index is 1.32. The molecule has 0 saturated heterocycles. The minimum atomic E-state index is -0.226. The van der Waals surface area contributed by atoms with Crippen molar-refractivity contribution in [1.29, 1.82) is 0 Å². The third-order valence-corrected chi connectivity index (χ3v) is 6.49. The Morgan fingerprint density at radius 2 is 1.48 bits per heavy atom. The first-order chi connectivity index (χ1) is 15.2. The Morgan fingerprint density at radius 1 is 0.774 bits per heavy atom. The molecule has 0 fully saturated rings. The summed E-state index contributed by atoms with van der Waals surface area (Å²) >= 11 is 1.53.